The molecule has 4 nitrogen and oxygen atoms in total. The van der Waals surface area contributed by atoms with E-state index in [9.17, 15) is 4.79 Å². The van der Waals surface area contributed by atoms with Gasteiger partial charge in [0, 0.05) is 32.6 Å². The third kappa shape index (κ3) is 3.46. The Hall–Kier alpha value is -1.07. The molecule has 2 heterocycles. The van der Waals surface area contributed by atoms with Gasteiger partial charge in [0.2, 0.25) is 5.91 Å². The maximum atomic E-state index is 12.7. The van der Waals surface area contributed by atoms with Crippen molar-refractivity contribution in [2.75, 3.05) is 37.6 Å². The maximum absolute atomic E-state index is 12.7. The van der Waals surface area contributed by atoms with Crippen LogP contribution in [0.1, 0.15) is 38.5 Å². The van der Waals surface area contributed by atoms with Gasteiger partial charge in [0.1, 0.15) is 0 Å². The van der Waals surface area contributed by atoms with Crippen molar-refractivity contribution in [2.24, 2.45) is 11.1 Å². The molecule has 1 aromatic heterocycles. The van der Waals surface area contributed by atoms with Gasteiger partial charge in [-0.2, -0.15) is 0 Å². The monoisotopic (exact) mass is 321 g/mol. The lowest BCUT2D eigenvalue weighted by Gasteiger charge is -2.40. The zero-order valence-corrected chi connectivity index (χ0v) is 14.1. The van der Waals surface area contributed by atoms with Crippen LogP contribution in [-0.4, -0.2) is 43.5 Å². The molecule has 122 valence electrons. The molecule has 22 heavy (non-hydrogen) atoms. The van der Waals surface area contributed by atoms with Crippen molar-refractivity contribution in [2.45, 2.75) is 38.5 Å². The Balaban J connectivity index is 1.53. The van der Waals surface area contributed by atoms with E-state index >= 15 is 0 Å². The van der Waals surface area contributed by atoms with Crippen LogP contribution < -0.4 is 10.6 Å². The Morgan fingerprint density at radius 2 is 1.91 bits per heavy atom. The molecule has 1 aliphatic carbocycles. The summed E-state index contributed by atoms with van der Waals surface area (Å²) in [6.07, 6.45) is 6.68. The number of piperazine rings is 1. The first kappa shape index (κ1) is 15.8. The van der Waals surface area contributed by atoms with Gasteiger partial charge in [0.15, 0.2) is 0 Å². The predicted molar refractivity (Wildman–Crippen MR) is 92.3 cm³/mol. The summed E-state index contributed by atoms with van der Waals surface area (Å²) in [7, 11) is 0. The number of nitrogens with zero attached hydrogens (tertiary/aromatic N) is 2. The van der Waals surface area contributed by atoms with Gasteiger partial charge in [-0.3, -0.25) is 4.79 Å². The molecule has 5 heteroatoms. The first-order valence-corrected chi connectivity index (χ1v) is 9.37. The van der Waals surface area contributed by atoms with Crippen molar-refractivity contribution in [1.29, 1.82) is 0 Å². The van der Waals surface area contributed by atoms with Crippen LogP contribution in [-0.2, 0) is 4.79 Å². The number of amides is 1. The summed E-state index contributed by atoms with van der Waals surface area (Å²) in [5, 5.41) is 3.43. The molecular formula is C17H27N3OS. The van der Waals surface area contributed by atoms with Crippen molar-refractivity contribution >= 4 is 22.2 Å². The summed E-state index contributed by atoms with van der Waals surface area (Å²) in [5.41, 5.74) is 6.11. The molecule has 2 aliphatic rings. The van der Waals surface area contributed by atoms with Gasteiger partial charge < -0.3 is 15.5 Å². The van der Waals surface area contributed by atoms with E-state index in [0.717, 1.165) is 39.0 Å². The van der Waals surface area contributed by atoms with E-state index in [1.165, 1.54) is 24.3 Å². The molecule has 0 unspecified atom stereocenters. The van der Waals surface area contributed by atoms with Gasteiger partial charge in [-0.15, -0.1) is 11.3 Å². The van der Waals surface area contributed by atoms with Crippen LogP contribution in [0, 0.1) is 5.41 Å². The Bertz CT molecular complexity index is 474. The first-order chi connectivity index (χ1) is 10.7. The fourth-order valence-corrected chi connectivity index (χ4v) is 4.60. The molecule has 1 saturated heterocycles. The van der Waals surface area contributed by atoms with Crippen molar-refractivity contribution in [3.05, 3.63) is 17.5 Å². The first-order valence-electron chi connectivity index (χ1n) is 8.49. The average Bonchev–Trinajstić information content (AvgIpc) is 3.10. The second-order valence-corrected chi connectivity index (χ2v) is 7.69. The minimum Gasteiger partial charge on any atom is -0.360 e. The van der Waals surface area contributed by atoms with Gasteiger partial charge >= 0.3 is 0 Å². The number of thiophene rings is 1. The molecule has 0 spiro atoms. The van der Waals surface area contributed by atoms with E-state index in [2.05, 4.69) is 27.3 Å². The van der Waals surface area contributed by atoms with Crippen LogP contribution >= 0.6 is 11.3 Å². The summed E-state index contributed by atoms with van der Waals surface area (Å²) in [6.45, 7) is 4.24. The molecule has 0 bridgehead atoms. The van der Waals surface area contributed by atoms with E-state index in [0.29, 0.717) is 18.9 Å². The van der Waals surface area contributed by atoms with E-state index in [1.54, 1.807) is 11.3 Å². The molecule has 1 aliphatic heterocycles. The highest BCUT2D eigenvalue weighted by Gasteiger charge is 2.35. The summed E-state index contributed by atoms with van der Waals surface area (Å²) in [6, 6.07) is 4.25. The Labute approximate surface area is 137 Å². The molecule has 3 rings (SSSR count). The van der Waals surface area contributed by atoms with Gasteiger partial charge in [-0.1, -0.05) is 19.3 Å². The zero-order chi connectivity index (χ0) is 15.4. The summed E-state index contributed by atoms with van der Waals surface area (Å²) in [5.74, 6) is 0.318. The highest BCUT2D eigenvalue weighted by Crippen LogP contribution is 2.38. The molecule has 1 aromatic rings. The molecule has 1 saturated carbocycles. The van der Waals surface area contributed by atoms with Crippen molar-refractivity contribution in [3.63, 3.8) is 0 Å². The van der Waals surface area contributed by atoms with Crippen LogP contribution in [0.3, 0.4) is 0 Å². The summed E-state index contributed by atoms with van der Waals surface area (Å²) in [4.78, 5) is 17.1. The third-order valence-electron chi connectivity index (χ3n) is 5.32. The number of anilines is 1. The van der Waals surface area contributed by atoms with Crippen LogP contribution in [0.5, 0.6) is 0 Å². The van der Waals surface area contributed by atoms with Crippen LogP contribution in [0.4, 0.5) is 5.00 Å². The predicted octanol–water partition coefficient (Wildman–Crippen LogP) is 2.70. The van der Waals surface area contributed by atoms with Crippen LogP contribution in [0.2, 0.25) is 0 Å². The number of rotatable bonds is 4. The minimum atomic E-state index is 0.0836. The lowest BCUT2D eigenvalue weighted by Crippen LogP contribution is -2.50. The second-order valence-electron chi connectivity index (χ2n) is 6.76. The minimum absolute atomic E-state index is 0.0836. The quantitative estimate of drug-likeness (QED) is 0.927. The average molecular weight is 321 g/mol. The summed E-state index contributed by atoms with van der Waals surface area (Å²) >= 11 is 1.78. The molecule has 2 N–H and O–H groups in total. The molecule has 1 amide bonds. The Morgan fingerprint density at radius 3 is 2.50 bits per heavy atom. The Morgan fingerprint density at radius 1 is 1.18 bits per heavy atom. The van der Waals surface area contributed by atoms with Crippen molar-refractivity contribution < 1.29 is 4.79 Å². The largest absolute Gasteiger partial charge is 0.360 e. The standard InChI is InChI=1S/C17H27N3OS/c18-14-17(6-2-1-3-7-17)13-15(21)19-8-10-20(11-9-19)16-5-4-12-22-16/h4-5,12H,1-3,6-11,13-14,18H2. The zero-order valence-electron chi connectivity index (χ0n) is 13.3. The van der Waals surface area contributed by atoms with Crippen molar-refractivity contribution in [3.8, 4) is 0 Å². The maximum Gasteiger partial charge on any atom is 0.223 e. The highest BCUT2D eigenvalue weighted by molar-refractivity contribution is 7.14. The lowest BCUT2D eigenvalue weighted by molar-refractivity contribution is -0.134. The number of carbonyl (C=O) groups excluding carboxylic acids is 1. The normalized spacial score (nSPS) is 21.9. The topological polar surface area (TPSA) is 49.6 Å². The SMILES string of the molecule is NCC1(CC(=O)N2CCN(c3cccs3)CC2)CCCCC1. The fourth-order valence-electron chi connectivity index (χ4n) is 3.81. The lowest BCUT2D eigenvalue weighted by atomic mass is 9.71. The van der Waals surface area contributed by atoms with Crippen LogP contribution in [0.25, 0.3) is 0 Å². The molecule has 0 atom stereocenters. The molecule has 2 fully saturated rings. The molecule has 0 radical (unpaired) electrons. The van der Waals surface area contributed by atoms with Gasteiger partial charge in [0.05, 0.1) is 5.00 Å². The fraction of sp³-hybridized carbons (Fsp3) is 0.706. The Kier molecular flexibility index (Phi) is 5.03. The van der Waals surface area contributed by atoms with Gasteiger partial charge in [0.25, 0.3) is 0 Å². The van der Waals surface area contributed by atoms with Crippen molar-refractivity contribution in [1.82, 2.24) is 4.90 Å². The smallest absolute Gasteiger partial charge is 0.223 e. The summed E-state index contributed by atoms with van der Waals surface area (Å²) < 4.78 is 0. The van der Waals surface area contributed by atoms with Gasteiger partial charge in [-0.25, -0.2) is 0 Å². The van der Waals surface area contributed by atoms with E-state index < -0.39 is 0 Å². The third-order valence-corrected chi connectivity index (χ3v) is 6.25. The number of hydrogen-bond donors (Lipinski definition) is 1. The second kappa shape index (κ2) is 7.01. The van der Waals surface area contributed by atoms with E-state index in [1.807, 2.05) is 0 Å². The van der Waals surface area contributed by atoms with Gasteiger partial charge in [-0.05, 0) is 42.3 Å². The molecular weight excluding hydrogens is 294 g/mol. The number of hydrogen-bond acceptors (Lipinski definition) is 4. The number of carbonyl (C=O) groups is 1. The van der Waals surface area contributed by atoms with E-state index in [-0.39, 0.29) is 5.41 Å². The number of nitrogens with two attached hydrogens (primary N) is 1. The molecule has 0 aromatic carbocycles. The highest BCUT2D eigenvalue weighted by atomic mass is 32.1. The van der Waals surface area contributed by atoms with Crippen LogP contribution in [0.15, 0.2) is 17.5 Å². The van der Waals surface area contributed by atoms with E-state index in [4.69, 9.17) is 5.73 Å².